The van der Waals surface area contributed by atoms with Crippen LogP contribution in [0, 0.1) is 0 Å². The molecular weight excluding hydrogens is 408 g/mol. The highest BCUT2D eigenvalue weighted by molar-refractivity contribution is 6.07. The smallest absolute Gasteiger partial charge is 0.343 e. The number of hydrogen-bond donors (Lipinski definition) is 4. The van der Waals surface area contributed by atoms with Crippen molar-refractivity contribution in [3.05, 3.63) is 75.6 Å². The lowest BCUT2D eigenvalue weighted by molar-refractivity contribution is 0.0693. The number of aromatic nitrogens is 1. The van der Waals surface area contributed by atoms with E-state index < -0.39 is 46.0 Å². The molecule has 0 aliphatic heterocycles. The summed E-state index contributed by atoms with van der Waals surface area (Å²) < 4.78 is 10.5. The van der Waals surface area contributed by atoms with Gasteiger partial charge in [0.15, 0.2) is 11.5 Å². The van der Waals surface area contributed by atoms with E-state index in [0.717, 1.165) is 0 Å². The normalized spacial score (nSPS) is 10.4. The van der Waals surface area contributed by atoms with Gasteiger partial charge in [0.05, 0.1) is 12.7 Å². The Hall–Kier alpha value is -4.60. The van der Waals surface area contributed by atoms with Gasteiger partial charge in [-0.1, -0.05) is 24.3 Å². The Balaban J connectivity index is 2.15. The van der Waals surface area contributed by atoms with Crippen molar-refractivity contribution in [2.24, 2.45) is 0 Å². The third kappa shape index (κ3) is 4.08. The van der Waals surface area contributed by atoms with E-state index in [4.69, 9.17) is 15.2 Å². The molecule has 0 aliphatic carbocycles. The highest BCUT2D eigenvalue weighted by Crippen LogP contribution is 2.36. The lowest BCUT2D eigenvalue weighted by Crippen LogP contribution is -2.24. The molecule has 0 radical (unpaired) electrons. The number of H-pyrrole nitrogens is 1. The second-order valence-corrected chi connectivity index (χ2v) is 6.22. The molecule has 31 heavy (non-hydrogen) atoms. The topological polar surface area (TPSA) is 169 Å². The van der Waals surface area contributed by atoms with Crippen LogP contribution in [0.1, 0.15) is 31.1 Å². The minimum absolute atomic E-state index is 0.00617. The fraction of sp³-hybridized carbons (Fsp3) is 0.0476. The van der Waals surface area contributed by atoms with Crippen molar-refractivity contribution >= 4 is 23.7 Å². The molecule has 0 bridgehead atoms. The molecule has 0 fully saturated rings. The van der Waals surface area contributed by atoms with Crippen LogP contribution in [-0.4, -0.2) is 40.2 Å². The number of esters is 1. The van der Waals surface area contributed by atoms with Crippen molar-refractivity contribution < 1.29 is 34.1 Å². The number of carbonyl (C=O) groups excluding carboxylic acids is 1. The van der Waals surface area contributed by atoms with E-state index in [1.165, 1.54) is 25.3 Å². The highest BCUT2D eigenvalue weighted by atomic mass is 16.6. The predicted octanol–water partition coefficient (Wildman–Crippen LogP) is 2.25. The van der Waals surface area contributed by atoms with Crippen molar-refractivity contribution in [1.29, 1.82) is 0 Å². The van der Waals surface area contributed by atoms with Crippen LogP contribution in [0.4, 0.5) is 5.82 Å². The van der Waals surface area contributed by atoms with E-state index in [0.29, 0.717) is 0 Å². The van der Waals surface area contributed by atoms with Crippen LogP contribution in [0.3, 0.4) is 0 Å². The van der Waals surface area contributed by atoms with Gasteiger partial charge in [-0.05, 0) is 29.8 Å². The number of aromatic carboxylic acids is 2. The first kappa shape index (κ1) is 21.1. The zero-order valence-corrected chi connectivity index (χ0v) is 16.0. The third-order valence-corrected chi connectivity index (χ3v) is 4.34. The van der Waals surface area contributed by atoms with E-state index in [-0.39, 0.29) is 22.6 Å². The van der Waals surface area contributed by atoms with Crippen molar-refractivity contribution in [1.82, 2.24) is 4.98 Å². The molecule has 5 N–H and O–H groups in total. The van der Waals surface area contributed by atoms with Gasteiger partial charge in [0.25, 0.3) is 5.56 Å². The number of methoxy groups -OCH3 is 1. The maximum absolute atomic E-state index is 12.3. The fourth-order valence-electron chi connectivity index (χ4n) is 2.98. The number of nitrogen functional groups attached to an aromatic ring is 1. The molecule has 0 atom stereocenters. The number of anilines is 1. The number of nitrogens with two attached hydrogens (primary N) is 1. The average molecular weight is 424 g/mol. The molecule has 2 aromatic carbocycles. The maximum Gasteiger partial charge on any atom is 0.343 e. The van der Waals surface area contributed by atoms with Crippen LogP contribution in [0.15, 0.2) is 53.3 Å². The van der Waals surface area contributed by atoms with Crippen LogP contribution in [0.5, 0.6) is 11.5 Å². The first-order valence-corrected chi connectivity index (χ1v) is 8.72. The Kier molecular flexibility index (Phi) is 5.73. The highest BCUT2D eigenvalue weighted by Gasteiger charge is 2.27. The number of rotatable bonds is 6. The first-order valence-electron chi connectivity index (χ1n) is 8.72. The second kappa shape index (κ2) is 8.41. The molecule has 0 saturated carbocycles. The molecule has 0 saturated heterocycles. The van der Waals surface area contributed by atoms with Gasteiger partial charge in [-0.2, -0.15) is 0 Å². The summed E-state index contributed by atoms with van der Waals surface area (Å²) in [7, 11) is 1.28. The maximum atomic E-state index is 12.3. The molecule has 0 amide bonds. The fourth-order valence-corrected chi connectivity index (χ4v) is 2.98. The van der Waals surface area contributed by atoms with E-state index in [1.807, 2.05) is 4.98 Å². The SMILES string of the molecule is COc1cc(-c2c(C(=O)O)c(N)[nH]c(=O)c2C(=O)O)ccc1OC(=O)c1ccccc1. The largest absolute Gasteiger partial charge is 0.493 e. The number of pyridine rings is 1. The molecule has 3 rings (SSSR count). The molecular formula is C21H16N2O8. The summed E-state index contributed by atoms with van der Waals surface area (Å²) in [6.45, 7) is 0. The van der Waals surface area contributed by atoms with Gasteiger partial charge in [-0.15, -0.1) is 0 Å². The van der Waals surface area contributed by atoms with Gasteiger partial charge in [0.2, 0.25) is 0 Å². The molecule has 158 valence electrons. The monoisotopic (exact) mass is 424 g/mol. The minimum Gasteiger partial charge on any atom is -0.493 e. The lowest BCUT2D eigenvalue weighted by atomic mass is 9.95. The van der Waals surface area contributed by atoms with Gasteiger partial charge in [0.1, 0.15) is 16.9 Å². The summed E-state index contributed by atoms with van der Waals surface area (Å²) in [6, 6.07) is 12.0. The lowest BCUT2D eigenvalue weighted by Gasteiger charge is -2.15. The van der Waals surface area contributed by atoms with Crippen molar-refractivity contribution in [3.8, 4) is 22.6 Å². The predicted molar refractivity (Wildman–Crippen MR) is 109 cm³/mol. The number of carboxylic acids is 2. The molecule has 10 heteroatoms. The number of carbonyl (C=O) groups is 3. The van der Waals surface area contributed by atoms with Crippen LogP contribution in [0.2, 0.25) is 0 Å². The molecule has 0 spiro atoms. The van der Waals surface area contributed by atoms with Crippen molar-refractivity contribution in [3.63, 3.8) is 0 Å². The zero-order valence-electron chi connectivity index (χ0n) is 16.0. The molecule has 3 aromatic rings. The Morgan fingerprint density at radius 1 is 0.935 bits per heavy atom. The van der Waals surface area contributed by atoms with Crippen LogP contribution >= 0.6 is 0 Å². The van der Waals surface area contributed by atoms with Gasteiger partial charge in [-0.25, -0.2) is 14.4 Å². The summed E-state index contributed by atoms with van der Waals surface area (Å²) in [5.41, 5.74) is 3.08. The van der Waals surface area contributed by atoms with E-state index in [1.54, 1.807) is 30.3 Å². The minimum atomic E-state index is -1.64. The standard InChI is InChI=1S/C21H16N2O8/c1-30-13-9-11(7-8-12(13)31-21(29)10-5-3-2-4-6-10)14-15(19(25)26)17(22)23-18(24)16(14)20(27)28/h2-9H,1H3,(H,25,26)(H,27,28)(H3,22,23,24). The van der Waals surface area contributed by atoms with Gasteiger partial charge < -0.3 is 30.4 Å². The number of nitrogens with one attached hydrogen (secondary N) is 1. The quantitative estimate of drug-likeness (QED) is 0.342. The van der Waals surface area contributed by atoms with E-state index in [2.05, 4.69) is 0 Å². The molecule has 1 heterocycles. The summed E-state index contributed by atoms with van der Waals surface area (Å²) in [5.74, 6) is -4.33. The number of aromatic amines is 1. The van der Waals surface area contributed by atoms with Crippen LogP contribution in [0.25, 0.3) is 11.1 Å². The number of hydrogen-bond acceptors (Lipinski definition) is 7. The Bertz CT molecular complexity index is 1250. The number of ether oxygens (including phenoxy) is 2. The summed E-state index contributed by atoms with van der Waals surface area (Å²) in [4.78, 5) is 49.9. The Labute approximate surface area is 174 Å². The number of carboxylic acid groups (broad SMARTS) is 2. The van der Waals surface area contributed by atoms with Crippen molar-refractivity contribution in [2.75, 3.05) is 12.8 Å². The molecule has 1 aromatic heterocycles. The number of benzene rings is 2. The zero-order chi connectivity index (χ0) is 22.7. The third-order valence-electron chi connectivity index (χ3n) is 4.34. The second-order valence-electron chi connectivity index (χ2n) is 6.22. The average Bonchev–Trinajstić information content (AvgIpc) is 2.73. The van der Waals surface area contributed by atoms with Gasteiger partial charge >= 0.3 is 17.9 Å². The van der Waals surface area contributed by atoms with Gasteiger partial charge in [0, 0.05) is 5.56 Å². The van der Waals surface area contributed by atoms with Crippen LogP contribution < -0.4 is 20.8 Å². The van der Waals surface area contributed by atoms with Crippen molar-refractivity contribution in [2.45, 2.75) is 0 Å². The Morgan fingerprint density at radius 3 is 2.16 bits per heavy atom. The first-order chi connectivity index (χ1) is 14.7. The van der Waals surface area contributed by atoms with Crippen LogP contribution in [-0.2, 0) is 0 Å². The molecule has 0 unspecified atom stereocenters. The summed E-state index contributed by atoms with van der Waals surface area (Å²) in [6.07, 6.45) is 0. The molecule has 10 nitrogen and oxygen atoms in total. The van der Waals surface area contributed by atoms with E-state index in [9.17, 15) is 29.4 Å². The summed E-state index contributed by atoms with van der Waals surface area (Å²) in [5, 5.41) is 19.0. The summed E-state index contributed by atoms with van der Waals surface area (Å²) >= 11 is 0. The Morgan fingerprint density at radius 2 is 1.58 bits per heavy atom. The van der Waals surface area contributed by atoms with E-state index >= 15 is 0 Å². The van der Waals surface area contributed by atoms with Gasteiger partial charge in [-0.3, -0.25) is 4.79 Å². The molecule has 0 aliphatic rings.